The number of aliphatic hydroxyl groups excluding tert-OH is 1. The molecule has 0 aliphatic heterocycles. The normalized spacial score (nSPS) is 45.9. The molecule has 0 heterocycles. The lowest BCUT2D eigenvalue weighted by Crippen LogP contribution is -2.60. The van der Waals surface area contributed by atoms with Crippen LogP contribution in [0, 0.1) is 51.8 Å². The average Bonchev–Trinajstić information content (AvgIpc) is 3.14. The Morgan fingerprint density at radius 3 is 2.30 bits per heavy atom. The van der Waals surface area contributed by atoms with Crippen LogP contribution in [0.15, 0.2) is 0 Å². The average molecular weight is 459 g/mol. The molecule has 0 spiro atoms. The summed E-state index contributed by atoms with van der Waals surface area (Å²) in [6, 6.07) is 0. The fourth-order valence-electron chi connectivity index (χ4n) is 10.2. The zero-order chi connectivity index (χ0) is 24.0. The molecule has 0 aromatic rings. The second-order valence-corrected chi connectivity index (χ2v) is 13.9. The van der Waals surface area contributed by atoms with E-state index in [1.165, 1.54) is 44.9 Å². The van der Waals surface area contributed by atoms with Crippen molar-refractivity contribution in [1.29, 1.82) is 0 Å². The van der Waals surface area contributed by atoms with Crippen molar-refractivity contribution in [3.63, 3.8) is 0 Å². The number of carbonyl (C=O) groups is 1. The Kier molecular flexibility index (Phi) is 7.47. The fraction of sp³-hybridized carbons (Fsp3) is 0.968. The van der Waals surface area contributed by atoms with E-state index in [0.29, 0.717) is 33.9 Å². The molecule has 0 radical (unpaired) electrons. The van der Waals surface area contributed by atoms with E-state index < -0.39 is 0 Å². The van der Waals surface area contributed by atoms with Crippen molar-refractivity contribution in [3.8, 4) is 0 Å². The predicted octanol–water partition coefficient (Wildman–Crippen LogP) is 8.21. The highest BCUT2D eigenvalue weighted by molar-refractivity contribution is 5.78. The van der Waals surface area contributed by atoms with Gasteiger partial charge in [-0.15, -0.1) is 0 Å². The minimum absolute atomic E-state index is 0.0542. The van der Waals surface area contributed by atoms with E-state index in [1.54, 1.807) is 0 Å². The van der Waals surface area contributed by atoms with Gasteiger partial charge in [0, 0.05) is 12.8 Å². The molecular formula is C31H54O2. The molecule has 0 amide bonds. The zero-order valence-electron chi connectivity index (χ0n) is 22.8. The van der Waals surface area contributed by atoms with E-state index in [-0.39, 0.29) is 6.10 Å². The Balaban J connectivity index is 1.43. The van der Waals surface area contributed by atoms with Gasteiger partial charge in [-0.1, -0.05) is 54.4 Å². The van der Waals surface area contributed by atoms with Gasteiger partial charge in [0.05, 0.1) is 6.10 Å². The van der Waals surface area contributed by atoms with Crippen LogP contribution in [0.3, 0.4) is 0 Å². The quantitative estimate of drug-likeness (QED) is 0.398. The fourth-order valence-corrected chi connectivity index (χ4v) is 10.2. The maximum atomic E-state index is 12.7. The lowest BCUT2D eigenvalue weighted by atomic mass is 9.38. The number of ketones is 1. The maximum absolute atomic E-state index is 12.7. The summed E-state index contributed by atoms with van der Waals surface area (Å²) in [4.78, 5) is 12.7. The third kappa shape index (κ3) is 4.27. The van der Waals surface area contributed by atoms with E-state index in [4.69, 9.17) is 0 Å². The monoisotopic (exact) mass is 458 g/mol. The SMILES string of the molecule is CCC(CC)CC(=O)CC[C@@H](C)[C@H]1CC[C@H]2C3CCC4C[C@H](O)CC[C@]4(C)[C@@]3(C)CC[C@]12C. The molecule has 2 heteroatoms. The molecule has 4 aliphatic carbocycles. The van der Waals surface area contributed by atoms with Crippen molar-refractivity contribution < 1.29 is 9.90 Å². The molecule has 0 aromatic carbocycles. The van der Waals surface area contributed by atoms with E-state index >= 15 is 0 Å². The molecule has 4 fully saturated rings. The summed E-state index contributed by atoms with van der Waals surface area (Å²) in [6.45, 7) is 14.8. The topological polar surface area (TPSA) is 37.3 Å². The summed E-state index contributed by atoms with van der Waals surface area (Å²) < 4.78 is 0. The molecule has 4 saturated carbocycles. The van der Waals surface area contributed by atoms with E-state index in [1.807, 2.05) is 0 Å². The first-order valence-electron chi connectivity index (χ1n) is 14.8. The Morgan fingerprint density at radius 2 is 1.61 bits per heavy atom. The number of hydrogen-bond acceptors (Lipinski definition) is 2. The van der Waals surface area contributed by atoms with Crippen LogP contribution >= 0.6 is 0 Å². The smallest absolute Gasteiger partial charge is 0.133 e. The number of carbonyl (C=O) groups excluding carboxylic acids is 1. The molecule has 2 unspecified atom stereocenters. The van der Waals surface area contributed by atoms with Crippen LogP contribution in [0.4, 0.5) is 0 Å². The molecule has 33 heavy (non-hydrogen) atoms. The molecule has 1 N–H and O–H groups in total. The van der Waals surface area contributed by atoms with Gasteiger partial charge in [0.25, 0.3) is 0 Å². The number of hydrogen-bond donors (Lipinski definition) is 1. The van der Waals surface area contributed by atoms with E-state index in [0.717, 1.165) is 68.6 Å². The van der Waals surface area contributed by atoms with Gasteiger partial charge in [0.15, 0.2) is 0 Å². The first-order chi connectivity index (χ1) is 15.6. The third-order valence-corrected chi connectivity index (χ3v) is 12.8. The lowest BCUT2D eigenvalue weighted by molar-refractivity contribution is -0.186. The van der Waals surface area contributed by atoms with Gasteiger partial charge in [-0.05, 0) is 116 Å². The highest BCUT2D eigenvalue weighted by Gasteiger charge is 2.65. The van der Waals surface area contributed by atoms with Crippen LogP contribution < -0.4 is 0 Å². The van der Waals surface area contributed by atoms with Crippen molar-refractivity contribution in [3.05, 3.63) is 0 Å². The molecule has 0 saturated heterocycles. The zero-order valence-corrected chi connectivity index (χ0v) is 22.8. The summed E-state index contributed by atoms with van der Waals surface area (Å²) in [5.74, 6) is 5.03. The van der Waals surface area contributed by atoms with Gasteiger partial charge in [0.2, 0.25) is 0 Å². The second kappa shape index (κ2) is 9.59. The maximum Gasteiger partial charge on any atom is 0.133 e. The first kappa shape index (κ1) is 25.7. The van der Waals surface area contributed by atoms with Gasteiger partial charge in [-0.3, -0.25) is 4.79 Å². The van der Waals surface area contributed by atoms with Crippen molar-refractivity contribution in [1.82, 2.24) is 0 Å². The molecule has 9 atom stereocenters. The molecular weight excluding hydrogens is 404 g/mol. The summed E-state index contributed by atoms with van der Waals surface area (Å²) >= 11 is 0. The summed E-state index contributed by atoms with van der Waals surface area (Å²) in [5.41, 5.74) is 1.34. The predicted molar refractivity (Wildman–Crippen MR) is 138 cm³/mol. The van der Waals surface area contributed by atoms with Gasteiger partial charge in [0.1, 0.15) is 5.78 Å². The Labute approximate surface area is 205 Å². The van der Waals surface area contributed by atoms with E-state index in [9.17, 15) is 9.90 Å². The van der Waals surface area contributed by atoms with Crippen molar-refractivity contribution in [2.75, 3.05) is 0 Å². The van der Waals surface area contributed by atoms with Crippen molar-refractivity contribution in [2.24, 2.45) is 51.8 Å². The molecule has 2 nitrogen and oxygen atoms in total. The van der Waals surface area contributed by atoms with Crippen molar-refractivity contribution in [2.45, 2.75) is 138 Å². The van der Waals surface area contributed by atoms with Gasteiger partial charge < -0.3 is 5.11 Å². The highest BCUT2D eigenvalue weighted by atomic mass is 16.3. The summed E-state index contributed by atoms with van der Waals surface area (Å²) in [7, 11) is 0. The highest BCUT2D eigenvalue weighted by Crippen LogP contribution is 2.73. The number of fused-ring (bicyclic) bond motifs is 5. The van der Waals surface area contributed by atoms with Crippen LogP contribution in [0.5, 0.6) is 0 Å². The van der Waals surface area contributed by atoms with Crippen molar-refractivity contribution >= 4 is 5.78 Å². The third-order valence-electron chi connectivity index (χ3n) is 12.8. The summed E-state index contributed by atoms with van der Waals surface area (Å²) in [5, 5.41) is 10.4. The van der Waals surface area contributed by atoms with E-state index in [2.05, 4.69) is 41.5 Å². The number of aliphatic hydroxyl groups is 1. The summed E-state index contributed by atoms with van der Waals surface area (Å²) in [6.07, 6.45) is 16.5. The first-order valence-corrected chi connectivity index (χ1v) is 14.8. The van der Waals surface area contributed by atoms with Crippen LogP contribution in [0.2, 0.25) is 0 Å². The minimum Gasteiger partial charge on any atom is -0.393 e. The van der Waals surface area contributed by atoms with Crippen LogP contribution in [-0.4, -0.2) is 17.0 Å². The van der Waals surface area contributed by atoms with Crippen LogP contribution in [0.25, 0.3) is 0 Å². The van der Waals surface area contributed by atoms with Gasteiger partial charge in [-0.25, -0.2) is 0 Å². The standard InChI is InChI=1S/C31H54O2/c1-7-22(8-2)19-24(32)11-9-21(3)26-13-14-27-28-12-10-23-20-25(33)15-16-30(23,5)31(28,6)18-17-29(26,27)4/h21-23,25-28,33H,7-20H2,1-6H3/t21-,23?,25-,26-,27+,28?,29-,30+,31+/m1/s1. The van der Waals surface area contributed by atoms with Crippen LogP contribution in [-0.2, 0) is 4.79 Å². The Hall–Kier alpha value is -0.370. The minimum atomic E-state index is -0.0542. The second-order valence-electron chi connectivity index (χ2n) is 13.9. The van der Waals surface area contributed by atoms with Crippen LogP contribution in [0.1, 0.15) is 131 Å². The van der Waals surface area contributed by atoms with Gasteiger partial charge in [-0.2, -0.15) is 0 Å². The molecule has 4 aliphatic rings. The Bertz CT molecular complexity index is 697. The molecule has 0 bridgehead atoms. The molecule has 0 aromatic heterocycles. The Morgan fingerprint density at radius 1 is 0.909 bits per heavy atom. The lowest BCUT2D eigenvalue weighted by Gasteiger charge is -2.67. The van der Waals surface area contributed by atoms with Gasteiger partial charge >= 0.3 is 0 Å². The largest absolute Gasteiger partial charge is 0.393 e. The molecule has 4 rings (SSSR count). The number of rotatable bonds is 8. The molecule has 190 valence electrons. The number of Topliss-reactive ketones (excluding diaryl/α,β-unsaturated/α-hetero) is 1.